The zero-order valence-corrected chi connectivity index (χ0v) is 8.84. The Bertz CT molecular complexity index is 349. The lowest BCUT2D eigenvalue weighted by Crippen LogP contribution is -2.21. The van der Waals surface area contributed by atoms with Crippen molar-refractivity contribution in [2.24, 2.45) is 0 Å². The van der Waals surface area contributed by atoms with Crippen LogP contribution in [-0.2, 0) is 4.79 Å². The van der Waals surface area contributed by atoms with Gasteiger partial charge in [-0.3, -0.25) is 0 Å². The minimum Gasteiger partial charge on any atom is -0.478 e. The van der Waals surface area contributed by atoms with Gasteiger partial charge in [-0.2, -0.15) is 0 Å². The Morgan fingerprint density at radius 1 is 1.38 bits per heavy atom. The van der Waals surface area contributed by atoms with Gasteiger partial charge in [-0.15, -0.1) is 0 Å². The third kappa shape index (κ3) is 4.72. The van der Waals surface area contributed by atoms with Gasteiger partial charge in [0.05, 0.1) is 6.10 Å². The summed E-state index contributed by atoms with van der Waals surface area (Å²) in [6.07, 6.45) is 2.00. The van der Waals surface area contributed by atoms with E-state index in [0.29, 0.717) is 13.1 Å². The summed E-state index contributed by atoms with van der Waals surface area (Å²) in [5.41, 5.74) is 0.845. The van der Waals surface area contributed by atoms with E-state index in [9.17, 15) is 9.90 Å². The maximum absolute atomic E-state index is 10.2. The third-order valence-electron chi connectivity index (χ3n) is 2.04. The van der Waals surface area contributed by atoms with Gasteiger partial charge in [0.15, 0.2) is 0 Å². The second-order valence-electron chi connectivity index (χ2n) is 3.33. The number of carboxylic acids is 1. The van der Waals surface area contributed by atoms with Gasteiger partial charge in [0, 0.05) is 19.2 Å². The molecule has 0 saturated heterocycles. The van der Waals surface area contributed by atoms with Crippen LogP contribution in [0.3, 0.4) is 0 Å². The molecule has 0 heterocycles. The summed E-state index contributed by atoms with van der Waals surface area (Å²) >= 11 is 0. The number of benzene rings is 1. The van der Waals surface area contributed by atoms with E-state index in [1.807, 2.05) is 30.3 Å². The maximum Gasteiger partial charge on any atom is 0.328 e. The highest BCUT2D eigenvalue weighted by molar-refractivity contribution is 5.79. The molecule has 16 heavy (non-hydrogen) atoms. The molecular weight excluding hydrogens is 206 g/mol. The van der Waals surface area contributed by atoms with Crippen LogP contribution >= 0.6 is 0 Å². The molecule has 4 heteroatoms. The molecule has 0 saturated carbocycles. The molecule has 86 valence electrons. The average molecular weight is 221 g/mol. The van der Waals surface area contributed by atoms with Crippen LogP contribution < -0.4 is 5.32 Å². The highest BCUT2D eigenvalue weighted by Gasteiger charge is 2.04. The van der Waals surface area contributed by atoms with Crippen LogP contribution in [0, 0.1) is 0 Å². The summed E-state index contributed by atoms with van der Waals surface area (Å²) in [5.74, 6) is -0.967. The summed E-state index contributed by atoms with van der Waals surface area (Å²) in [7, 11) is 0. The molecule has 1 aromatic carbocycles. The van der Waals surface area contributed by atoms with Crippen LogP contribution in [0.4, 0.5) is 0 Å². The fourth-order valence-corrected chi connectivity index (χ4v) is 1.26. The topological polar surface area (TPSA) is 69.6 Å². The predicted octanol–water partition coefficient (Wildman–Crippen LogP) is 0.950. The first-order valence-electron chi connectivity index (χ1n) is 5.03. The van der Waals surface area contributed by atoms with Crippen LogP contribution in [0.5, 0.6) is 0 Å². The van der Waals surface area contributed by atoms with Crippen molar-refractivity contribution in [2.75, 3.05) is 13.1 Å². The molecule has 0 aromatic heterocycles. The van der Waals surface area contributed by atoms with E-state index in [1.54, 1.807) is 0 Å². The van der Waals surface area contributed by atoms with Gasteiger partial charge < -0.3 is 15.5 Å². The van der Waals surface area contributed by atoms with E-state index >= 15 is 0 Å². The highest BCUT2D eigenvalue weighted by atomic mass is 16.4. The van der Waals surface area contributed by atoms with Crippen molar-refractivity contribution in [1.82, 2.24) is 5.32 Å². The number of rotatable bonds is 6. The van der Waals surface area contributed by atoms with E-state index in [1.165, 1.54) is 6.08 Å². The Morgan fingerprint density at radius 2 is 2.06 bits per heavy atom. The average Bonchev–Trinajstić information content (AvgIpc) is 2.29. The molecule has 0 amide bonds. The first-order chi connectivity index (χ1) is 7.70. The summed E-state index contributed by atoms with van der Waals surface area (Å²) in [6, 6.07) is 9.31. The molecule has 1 unspecified atom stereocenters. The lowest BCUT2D eigenvalue weighted by atomic mass is 10.1. The minimum absolute atomic E-state index is 0.397. The van der Waals surface area contributed by atoms with Crippen LogP contribution in [0.15, 0.2) is 42.5 Å². The molecule has 0 aliphatic carbocycles. The van der Waals surface area contributed by atoms with Gasteiger partial charge in [0.25, 0.3) is 0 Å². The third-order valence-corrected chi connectivity index (χ3v) is 2.04. The number of aliphatic hydroxyl groups excluding tert-OH is 1. The van der Waals surface area contributed by atoms with Crippen molar-refractivity contribution in [3.63, 3.8) is 0 Å². The molecule has 0 spiro atoms. The summed E-state index contributed by atoms with van der Waals surface area (Å²) < 4.78 is 0. The largest absolute Gasteiger partial charge is 0.478 e. The molecule has 1 rings (SSSR count). The molecule has 4 nitrogen and oxygen atoms in total. The summed E-state index contributed by atoms with van der Waals surface area (Å²) in [4.78, 5) is 10.2. The first-order valence-corrected chi connectivity index (χ1v) is 5.03. The van der Waals surface area contributed by atoms with Crippen LogP contribution in [-0.4, -0.2) is 29.3 Å². The molecule has 0 fully saturated rings. The Hall–Kier alpha value is -1.65. The fraction of sp³-hybridized carbons (Fsp3) is 0.250. The zero-order chi connectivity index (χ0) is 11.8. The quantitative estimate of drug-likeness (QED) is 0.494. The molecule has 0 radical (unpaired) electrons. The Balaban J connectivity index is 2.26. The maximum atomic E-state index is 10.2. The van der Waals surface area contributed by atoms with Gasteiger partial charge in [-0.25, -0.2) is 4.79 Å². The minimum atomic E-state index is -0.967. The molecule has 0 aliphatic rings. The molecule has 1 aromatic rings. The molecule has 1 atom stereocenters. The van der Waals surface area contributed by atoms with Crippen molar-refractivity contribution >= 4 is 5.97 Å². The number of aliphatic hydroxyl groups is 1. The van der Waals surface area contributed by atoms with E-state index < -0.39 is 12.1 Å². The Morgan fingerprint density at radius 3 is 2.69 bits per heavy atom. The first kappa shape index (κ1) is 12.4. The standard InChI is InChI=1S/C12H15NO3/c14-11(10-5-2-1-3-6-10)9-13-8-4-7-12(15)16/h1-7,11,13-14H,8-9H2,(H,15,16)/b7-4+. The van der Waals surface area contributed by atoms with Gasteiger partial charge >= 0.3 is 5.97 Å². The number of carboxylic acid groups (broad SMARTS) is 1. The van der Waals surface area contributed by atoms with Crippen LogP contribution in [0.1, 0.15) is 11.7 Å². The van der Waals surface area contributed by atoms with Gasteiger partial charge in [-0.05, 0) is 5.56 Å². The fourth-order valence-electron chi connectivity index (χ4n) is 1.26. The number of hydrogen-bond acceptors (Lipinski definition) is 3. The van der Waals surface area contributed by atoms with Crippen LogP contribution in [0.2, 0.25) is 0 Å². The van der Waals surface area contributed by atoms with E-state index in [-0.39, 0.29) is 0 Å². The molecule has 0 bridgehead atoms. The predicted molar refractivity (Wildman–Crippen MR) is 61.0 cm³/mol. The van der Waals surface area contributed by atoms with Crippen molar-refractivity contribution in [3.8, 4) is 0 Å². The van der Waals surface area contributed by atoms with Crippen molar-refractivity contribution in [3.05, 3.63) is 48.0 Å². The number of hydrogen-bond donors (Lipinski definition) is 3. The summed E-state index contributed by atoms with van der Waals surface area (Å²) in [5, 5.41) is 21.0. The normalized spacial score (nSPS) is 12.8. The highest BCUT2D eigenvalue weighted by Crippen LogP contribution is 2.09. The van der Waals surface area contributed by atoms with E-state index in [4.69, 9.17) is 5.11 Å². The smallest absolute Gasteiger partial charge is 0.328 e. The number of carbonyl (C=O) groups is 1. The molecule has 0 aliphatic heterocycles. The van der Waals surface area contributed by atoms with Crippen LogP contribution in [0.25, 0.3) is 0 Å². The SMILES string of the molecule is O=C(O)/C=C/CNCC(O)c1ccccc1. The Labute approximate surface area is 94.2 Å². The van der Waals surface area contributed by atoms with Crippen molar-refractivity contribution < 1.29 is 15.0 Å². The van der Waals surface area contributed by atoms with Gasteiger partial charge in [0.2, 0.25) is 0 Å². The van der Waals surface area contributed by atoms with E-state index in [0.717, 1.165) is 11.6 Å². The lowest BCUT2D eigenvalue weighted by molar-refractivity contribution is -0.131. The zero-order valence-electron chi connectivity index (χ0n) is 8.84. The Kier molecular flexibility index (Phi) is 5.25. The second kappa shape index (κ2) is 6.76. The van der Waals surface area contributed by atoms with Gasteiger partial charge in [-0.1, -0.05) is 36.4 Å². The van der Waals surface area contributed by atoms with Gasteiger partial charge in [0.1, 0.15) is 0 Å². The molecule has 3 N–H and O–H groups in total. The monoisotopic (exact) mass is 221 g/mol. The second-order valence-corrected chi connectivity index (χ2v) is 3.33. The molecular formula is C12H15NO3. The number of nitrogens with one attached hydrogen (secondary N) is 1. The lowest BCUT2D eigenvalue weighted by Gasteiger charge is -2.10. The van der Waals surface area contributed by atoms with E-state index in [2.05, 4.69) is 5.32 Å². The van der Waals surface area contributed by atoms with Crippen molar-refractivity contribution in [2.45, 2.75) is 6.10 Å². The number of aliphatic carboxylic acids is 1. The van der Waals surface area contributed by atoms with Crippen molar-refractivity contribution in [1.29, 1.82) is 0 Å². The summed E-state index contributed by atoms with van der Waals surface area (Å²) in [6.45, 7) is 0.824.